The molecule has 1 amide bonds. The molecule has 0 bridgehead atoms. The highest BCUT2D eigenvalue weighted by molar-refractivity contribution is 5.81. The second-order valence-corrected chi connectivity index (χ2v) is 3.70. The number of rotatable bonds is 5. The lowest BCUT2D eigenvalue weighted by molar-refractivity contribution is -0.123. The summed E-state index contributed by atoms with van der Waals surface area (Å²) >= 11 is 0. The van der Waals surface area contributed by atoms with E-state index in [9.17, 15) is 4.79 Å². The number of hydrogen-bond donors (Lipinski definition) is 3. The van der Waals surface area contributed by atoms with E-state index in [1.165, 1.54) is 0 Å². The van der Waals surface area contributed by atoms with Crippen LogP contribution in [0.3, 0.4) is 0 Å². The van der Waals surface area contributed by atoms with Crippen LogP contribution in [-0.2, 0) is 4.79 Å². The Morgan fingerprint density at radius 3 is 2.38 bits per heavy atom. The molecular weight excluding hydrogens is 168 g/mol. The highest BCUT2D eigenvalue weighted by Gasteiger charge is 2.16. The fourth-order valence-electron chi connectivity index (χ4n) is 0.825. The second-order valence-electron chi connectivity index (χ2n) is 3.70. The summed E-state index contributed by atoms with van der Waals surface area (Å²) < 4.78 is 0. The summed E-state index contributed by atoms with van der Waals surface area (Å²) in [4.78, 5) is 11.2. The Balaban J connectivity index is 3.62. The average Bonchev–Trinajstić information content (AvgIpc) is 2.02. The molecule has 0 aromatic carbocycles. The predicted molar refractivity (Wildman–Crippen MR) is 52.1 cm³/mol. The molecule has 4 nitrogen and oxygen atoms in total. The third-order valence-corrected chi connectivity index (χ3v) is 1.88. The number of hydrogen-bond acceptors (Lipinski definition) is 3. The molecule has 0 saturated carbocycles. The van der Waals surface area contributed by atoms with Gasteiger partial charge >= 0.3 is 0 Å². The highest BCUT2D eigenvalue weighted by Crippen LogP contribution is 1.97. The number of aliphatic hydroxyl groups is 1. The summed E-state index contributed by atoms with van der Waals surface area (Å²) in [6, 6.07) is -0.450. The quantitative estimate of drug-likeness (QED) is 0.562. The third kappa shape index (κ3) is 5.60. The van der Waals surface area contributed by atoms with E-state index in [0.717, 1.165) is 0 Å². The maximum Gasteiger partial charge on any atom is 0.237 e. The van der Waals surface area contributed by atoms with Crippen molar-refractivity contribution in [1.82, 2.24) is 5.32 Å². The third-order valence-electron chi connectivity index (χ3n) is 1.88. The van der Waals surface area contributed by atoms with Crippen LogP contribution >= 0.6 is 0 Å². The van der Waals surface area contributed by atoms with E-state index in [0.29, 0.717) is 13.0 Å². The van der Waals surface area contributed by atoms with Crippen molar-refractivity contribution in [2.75, 3.05) is 6.54 Å². The first-order chi connectivity index (χ1) is 5.95. The Morgan fingerprint density at radius 1 is 1.46 bits per heavy atom. The molecule has 4 N–H and O–H groups in total. The maximum absolute atomic E-state index is 11.2. The first kappa shape index (κ1) is 12.4. The molecule has 0 spiro atoms. The van der Waals surface area contributed by atoms with Crippen LogP contribution in [0.2, 0.25) is 0 Å². The van der Waals surface area contributed by atoms with Crippen LogP contribution in [0.25, 0.3) is 0 Å². The number of carbonyl (C=O) groups excluding carboxylic acids is 1. The fraction of sp³-hybridized carbons (Fsp3) is 0.889. The summed E-state index contributed by atoms with van der Waals surface area (Å²) in [6.45, 7) is 5.98. The lowest BCUT2D eigenvalue weighted by Crippen LogP contribution is -2.44. The Kier molecular flexibility index (Phi) is 5.66. The molecule has 0 aromatic rings. The van der Waals surface area contributed by atoms with Crippen molar-refractivity contribution < 1.29 is 9.90 Å². The zero-order valence-electron chi connectivity index (χ0n) is 8.58. The van der Waals surface area contributed by atoms with E-state index < -0.39 is 6.04 Å². The highest BCUT2D eigenvalue weighted by atomic mass is 16.3. The number of amides is 1. The first-order valence-corrected chi connectivity index (χ1v) is 4.66. The van der Waals surface area contributed by atoms with Crippen molar-refractivity contribution in [3.05, 3.63) is 0 Å². The van der Waals surface area contributed by atoms with Crippen molar-refractivity contribution in [3.63, 3.8) is 0 Å². The summed E-state index contributed by atoms with van der Waals surface area (Å²) in [5, 5.41) is 11.6. The first-order valence-electron chi connectivity index (χ1n) is 4.66. The molecule has 0 unspecified atom stereocenters. The van der Waals surface area contributed by atoms with Gasteiger partial charge in [-0.25, -0.2) is 0 Å². The zero-order valence-corrected chi connectivity index (χ0v) is 8.58. The largest absolute Gasteiger partial charge is 0.393 e. The fourth-order valence-corrected chi connectivity index (χ4v) is 0.825. The van der Waals surface area contributed by atoms with Crippen LogP contribution in [0.4, 0.5) is 0 Å². The Labute approximate surface area is 79.5 Å². The predicted octanol–water partition coefficient (Wildman–Crippen LogP) is -0.143. The molecule has 0 fully saturated rings. The van der Waals surface area contributed by atoms with Gasteiger partial charge in [0.1, 0.15) is 0 Å². The van der Waals surface area contributed by atoms with E-state index in [-0.39, 0.29) is 17.9 Å². The lowest BCUT2D eigenvalue weighted by Gasteiger charge is -2.15. The van der Waals surface area contributed by atoms with Gasteiger partial charge in [-0.1, -0.05) is 13.8 Å². The zero-order chi connectivity index (χ0) is 10.4. The second kappa shape index (κ2) is 5.94. The van der Waals surface area contributed by atoms with E-state index in [2.05, 4.69) is 5.32 Å². The van der Waals surface area contributed by atoms with Gasteiger partial charge < -0.3 is 16.2 Å². The van der Waals surface area contributed by atoms with E-state index >= 15 is 0 Å². The normalized spacial score (nSPS) is 15.5. The standard InChI is InChI=1S/C9H20N2O2/c1-6(2)8(10)9(13)11-5-4-7(3)12/h6-8,12H,4-5,10H2,1-3H3,(H,11,13)/t7-,8-/m1/s1. The number of nitrogens with two attached hydrogens (primary N) is 1. The van der Waals surface area contributed by atoms with Gasteiger partial charge in [0.25, 0.3) is 0 Å². The minimum Gasteiger partial charge on any atom is -0.393 e. The molecule has 0 rings (SSSR count). The van der Waals surface area contributed by atoms with Crippen molar-refractivity contribution in [2.24, 2.45) is 11.7 Å². The SMILES string of the molecule is CC(C)[C@@H](N)C(=O)NCC[C@@H](C)O. The van der Waals surface area contributed by atoms with E-state index in [4.69, 9.17) is 10.8 Å². The minimum absolute atomic E-state index is 0.143. The number of carbonyl (C=O) groups is 1. The van der Waals surface area contributed by atoms with Gasteiger partial charge in [0.05, 0.1) is 12.1 Å². The lowest BCUT2D eigenvalue weighted by atomic mass is 10.1. The molecule has 0 aliphatic carbocycles. The Morgan fingerprint density at radius 2 is 2.00 bits per heavy atom. The average molecular weight is 188 g/mol. The molecule has 13 heavy (non-hydrogen) atoms. The van der Waals surface area contributed by atoms with Crippen molar-refractivity contribution >= 4 is 5.91 Å². The molecule has 0 saturated heterocycles. The molecule has 0 aliphatic heterocycles. The van der Waals surface area contributed by atoms with Gasteiger partial charge in [-0.2, -0.15) is 0 Å². The number of aliphatic hydroxyl groups excluding tert-OH is 1. The molecular formula is C9H20N2O2. The van der Waals surface area contributed by atoms with Gasteiger partial charge in [-0.15, -0.1) is 0 Å². The summed E-state index contributed by atoms with van der Waals surface area (Å²) in [5.74, 6) is 0.00204. The molecule has 2 atom stereocenters. The van der Waals surface area contributed by atoms with Gasteiger partial charge in [0.2, 0.25) is 5.91 Å². The van der Waals surface area contributed by atoms with E-state index in [1.54, 1.807) is 6.92 Å². The van der Waals surface area contributed by atoms with E-state index in [1.807, 2.05) is 13.8 Å². The number of nitrogens with one attached hydrogen (secondary N) is 1. The molecule has 0 heterocycles. The van der Waals surface area contributed by atoms with Gasteiger partial charge in [0.15, 0.2) is 0 Å². The van der Waals surface area contributed by atoms with Crippen LogP contribution in [0, 0.1) is 5.92 Å². The molecule has 0 aromatic heterocycles. The van der Waals surface area contributed by atoms with Crippen LogP contribution in [0.15, 0.2) is 0 Å². The van der Waals surface area contributed by atoms with Gasteiger partial charge in [-0.05, 0) is 19.3 Å². The van der Waals surface area contributed by atoms with Crippen LogP contribution in [-0.4, -0.2) is 29.7 Å². The van der Waals surface area contributed by atoms with Crippen LogP contribution in [0.5, 0.6) is 0 Å². The smallest absolute Gasteiger partial charge is 0.237 e. The monoisotopic (exact) mass is 188 g/mol. The van der Waals surface area contributed by atoms with Crippen molar-refractivity contribution in [1.29, 1.82) is 0 Å². The van der Waals surface area contributed by atoms with Crippen LogP contribution in [0.1, 0.15) is 27.2 Å². The van der Waals surface area contributed by atoms with Crippen molar-refractivity contribution in [3.8, 4) is 0 Å². The topological polar surface area (TPSA) is 75.4 Å². The maximum atomic E-state index is 11.2. The van der Waals surface area contributed by atoms with Gasteiger partial charge in [-0.3, -0.25) is 4.79 Å². The molecule has 0 radical (unpaired) electrons. The summed E-state index contributed by atoms with van der Waals surface area (Å²) in [7, 11) is 0. The molecule has 4 heteroatoms. The molecule has 78 valence electrons. The minimum atomic E-state index is -0.450. The molecule has 0 aliphatic rings. The van der Waals surface area contributed by atoms with Gasteiger partial charge in [0, 0.05) is 6.54 Å². The summed E-state index contributed by atoms with van der Waals surface area (Å²) in [5.41, 5.74) is 5.60. The van der Waals surface area contributed by atoms with Crippen molar-refractivity contribution in [2.45, 2.75) is 39.3 Å². The Bertz CT molecular complexity index is 158. The summed E-state index contributed by atoms with van der Waals surface area (Å²) in [6.07, 6.45) is 0.187. The Hall–Kier alpha value is -0.610. The van der Waals surface area contributed by atoms with Crippen LogP contribution < -0.4 is 11.1 Å².